The van der Waals surface area contributed by atoms with E-state index in [1.165, 1.54) is 28.5 Å². The third-order valence-corrected chi connectivity index (χ3v) is 16.8. The lowest BCUT2D eigenvalue weighted by Gasteiger charge is -2.28. The molecule has 2 aliphatic carbocycles. The summed E-state index contributed by atoms with van der Waals surface area (Å²) in [6.07, 6.45) is 10.4. The number of nitrogen functional groups attached to an aromatic ring is 2. The van der Waals surface area contributed by atoms with E-state index in [1.807, 2.05) is 33.9 Å². The summed E-state index contributed by atoms with van der Waals surface area (Å²) in [4.78, 5) is 33.6. The van der Waals surface area contributed by atoms with Crippen LogP contribution in [0.4, 0.5) is 21.0 Å². The zero-order chi connectivity index (χ0) is 49.9. The number of hydrogen-bond acceptors (Lipinski definition) is 14. The lowest BCUT2D eigenvalue weighted by molar-refractivity contribution is 0.108. The van der Waals surface area contributed by atoms with Gasteiger partial charge in [0.05, 0.1) is 46.9 Å². The number of nitrogens with one attached hydrogen (secondary N) is 4. The van der Waals surface area contributed by atoms with Crippen LogP contribution < -0.4 is 31.5 Å². The number of aryl methyl sites for hydroxylation is 1. The molecule has 0 unspecified atom stereocenters. The van der Waals surface area contributed by atoms with Crippen molar-refractivity contribution >= 4 is 82.2 Å². The van der Waals surface area contributed by atoms with Gasteiger partial charge in [-0.2, -0.15) is 0 Å². The minimum Gasteiger partial charge on any atom is -0.447 e. The Hall–Kier alpha value is -3.86. The molecule has 2 aromatic carbocycles. The fourth-order valence-corrected chi connectivity index (χ4v) is 13.4. The van der Waals surface area contributed by atoms with Crippen LogP contribution in [0.1, 0.15) is 141 Å². The van der Waals surface area contributed by atoms with Gasteiger partial charge in [-0.15, -0.1) is 22.7 Å². The number of nitrogens with two attached hydrogens (primary N) is 2. The molecule has 372 valence electrons. The van der Waals surface area contributed by atoms with Crippen molar-refractivity contribution in [3.05, 3.63) is 68.2 Å². The zero-order valence-electron chi connectivity index (χ0n) is 40.1. The van der Waals surface area contributed by atoms with Gasteiger partial charge < -0.3 is 31.6 Å². The van der Waals surface area contributed by atoms with Crippen molar-refractivity contribution in [2.75, 3.05) is 11.5 Å². The molecule has 4 aromatic rings. The number of ether oxygens (including phenoxy) is 2. The smallest absolute Gasteiger partial charge is 0.407 e. The number of amides is 2. The number of hydrogen-bond donors (Lipinski definition) is 6. The fourth-order valence-electron chi connectivity index (χ4n) is 7.56. The molecule has 2 fully saturated rings. The molecule has 21 heteroatoms. The van der Waals surface area contributed by atoms with Crippen LogP contribution in [0.2, 0.25) is 0 Å². The largest absolute Gasteiger partial charge is 0.447 e. The van der Waals surface area contributed by atoms with Gasteiger partial charge in [0.1, 0.15) is 0 Å². The average molecular weight is 1070 g/mol. The molecule has 0 spiro atoms. The molecular weight excluding hydrogens is 1000 g/mol. The topological polar surface area (TPSA) is 247 Å². The number of aromatic nitrogens is 2. The van der Waals surface area contributed by atoms with Crippen molar-refractivity contribution in [1.29, 1.82) is 0 Å². The van der Waals surface area contributed by atoms with E-state index >= 15 is 0 Å². The molecule has 0 saturated heterocycles. The van der Waals surface area contributed by atoms with E-state index in [1.54, 1.807) is 83.3 Å². The number of carbonyl (C=O) groups is 2. The summed E-state index contributed by atoms with van der Waals surface area (Å²) in [7, 11) is -7.21. The standard InChI is InChI=1S/C22H32N4O4S2.C13H19BrN2O2S.C11H18N2O2S/c1-13(2)26-32(28,29)20-11-16(23)7-10-18(20)19-12-24-21(31-19)15-5-8-17(9-6-15)25-22(27)30-14(3)4;1-8(2)18-13(17)16-10-5-3-9(4-6-10)12-15-7-11(14)19-12;1-8-5-6-9(12)7-10(8)16(14,15)13-11(2,3)4/h7,10-15,17,26H,5-6,8-9,23H2,1-4H3,(H,25,27);7-10H,3-6H2,1-2H3,(H,16,17);5-7,13H,12H2,1-4H3. The molecule has 0 radical (unpaired) electrons. The van der Waals surface area contributed by atoms with Gasteiger partial charge in [0, 0.05) is 58.6 Å². The lowest BCUT2D eigenvalue weighted by atomic mass is 9.86. The molecule has 2 amide bonds. The molecule has 2 aliphatic rings. The molecule has 16 nitrogen and oxygen atoms in total. The summed E-state index contributed by atoms with van der Waals surface area (Å²) in [6.45, 7) is 18.1. The summed E-state index contributed by atoms with van der Waals surface area (Å²) in [5, 5.41) is 8.06. The van der Waals surface area contributed by atoms with Crippen molar-refractivity contribution in [1.82, 2.24) is 30.0 Å². The second kappa shape index (κ2) is 24.6. The van der Waals surface area contributed by atoms with E-state index in [-0.39, 0.29) is 58.2 Å². The predicted molar refractivity (Wildman–Crippen MR) is 272 cm³/mol. The van der Waals surface area contributed by atoms with Crippen LogP contribution in [-0.2, 0) is 29.5 Å². The monoisotopic (exact) mass is 1070 g/mol. The third-order valence-electron chi connectivity index (χ3n) is 10.4. The predicted octanol–water partition coefficient (Wildman–Crippen LogP) is 9.96. The number of halogens is 1. The molecule has 8 N–H and O–H groups in total. The molecule has 0 atom stereocenters. The van der Waals surface area contributed by atoms with Crippen molar-refractivity contribution in [2.45, 2.75) is 178 Å². The Bertz CT molecular complexity index is 2470. The maximum atomic E-state index is 12.9. The van der Waals surface area contributed by atoms with Gasteiger partial charge in [0.15, 0.2) is 0 Å². The maximum Gasteiger partial charge on any atom is 0.407 e. The highest BCUT2D eigenvalue weighted by molar-refractivity contribution is 9.11. The van der Waals surface area contributed by atoms with E-state index in [4.69, 9.17) is 20.9 Å². The Morgan fingerprint density at radius 3 is 1.61 bits per heavy atom. The highest BCUT2D eigenvalue weighted by Gasteiger charge is 2.29. The number of anilines is 2. The first-order chi connectivity index (χ1) is 31.2. The number of benzene rings is 2. The third kappa shape index (κ3) is 18.2. The molecular formula is C46H69BrN8O8S4. The van der Waals surface area contributed by atoms with Crippen molar-refractivity contribution in [3.8, 4) is 10.4 Å². The number of nitrogens with zero attached hydrogens (tertiary/aromatic N) is 2. The van der Waals surface area contributed by atoms with Gasteiger partial charge in [0.2, 0.25) is 20.0 Å². The summed E-state index contributed by atoms with van der Waals surface area (Å²) in [6, 6.07) is 9.92. The minimum atomic E-state index is -3.71. The first kappa shape index (κ1) is 55.7. The molecule has 2 aromatic heterocycles. The maximum absolute atomic E-state index is 12.9. The second-order valence-corrected chi connectivity index (χ2v) is 25.6. The molecule has 2 saturated carbocycles. The normalized spacial score (nSPS) is 18.9. The Morgan fingerprint density at radius 2 is 1.16 bits per heavy atom. The van der Waals surface area contributed by atoms with Crippen LogP contribution in [0.5, 0.6) is 0 Å². The molecule has 2 heterocycles. The van der Waals surface area contributed by atoms with Gasteiger partial charge in [0.25, 0.3) is 0 Å². The molecule has 0 aliphatic heterocycles. The van der Waals surface area contributed by atoms with Crippen LogP contribution in [0.3, 0.4) is 0 Å². The van der Waals surface area contributed by atoms with Crippen LogP contribution in [-0.4, -0.2) is 74.9 Å². The highest BCUT2D eigenvalue weighted by atomic mass is 79.9. The van der Waals surface area contributed by atoms with Gasteiger partial charge in [-0.25, -0.2) is 45.8 Å². The Kier molecular flexibility index (Phi) is 20.5. The first-order valence-electron chi connectivity index (χ1n) is 22.5. The molecule has 0 bridgehead atoms. The summed E-state index contributed by atoms with van der Waals surface area (Å²) >= 11 is 6.67. The molecule has 67 heavy (non-hydrogen) atoms. The number of alkyl carbamates (subject to hydrolysis) is 2. The van der Waals surface area contributed by atoms with Gasteiger partial charge >= 0.3 is 12.2 Å². The van der Waals surface area contributed by atoms with Gasteiger partial charge in [-0.3, -0.25) is 0 Å². The number of rotatable bonds is 12. The SMILES string of the molecule is CC(C)NS(=O)(=O)c1cc(N)ccc1-c1cnc(C2CCC(NC(=O)OC(C)C)CC2)s1.CC(C)OC(=O)NC1CCC(c2ncc(Br)s2)CC1.Cc1ccc(N)cc1S(=O)(=O)NC(C)(C)C. The van der Waals surface area contributed by atoms with E-state index in [2.05, 4.69) is 46.0 Å². The van der Waals surface area contributed by atoms with Crippen LogP contribution in [0.25, 0.3) is 10.4 Å². The van der Waals surface area contributed by atoms with Crippen LogP contribution >= 0.6 is 38.6 Å². The molecule has 6 rings (SSSR count). The zero-order valence-corrected chi connectivity index (χ0v) is 45.0. The van der Waals surface area contributed by atoms with E-state index in [0.29, 0.717) is 28.4 Å². The number of thiazole rings is 2. The Morgan fingerprint density at radius 1 is 0.701 bits per heavy atom. The average Bonchev–Trinajstić information content (AvgIpc) is 3.88. The minimum absolute atomic E-state index is 0.0657. The van der Waals surface area contributed by atoms with Crippen molar-refractivity contribution in [2.24, 2.45) is 0 Å². The summed E-state index contributed by atoms with van der Waals surface area (Å²) < 4.78 is 66.4. The van der Waals surface area contributed by atoms with Crippen molar-refractivity contribution < 1.29 is 35.9 Å². The highest BCUT2D eigenvalue weighted by Crippen LogP contribution is 2.40. The quantitative estimate of drug-likeness (QED) is 0.0726. The van der Waals surface area contributed by atoms with E-state index in [0.717, 1.165) is 65.0 Å². The van der Waals surface area contributed by atoms with Crippen LogP contribution in [0.15, 0.2) is 62.4 Å². The first-order valence-corrected chi connectivity index (χ1v) is 27.9. The Balaban J connectivity index is 0.000000238. The van der Waals surface area contributed by atoms with E-state index < -0.39 is 25.6 Å². The number of carbonyl (C=O) groups excluding carboxylic acids is 2. The van der Waals surface area contributed by atoms with E-state index in [9.17, 15) is 26.4 Å². The summed E-state index contributed by atoms with van der Waals surface area (Å²) in [5.74, 6) is 0.825. The summed E-state index contributed by atoms with van der Waals surface area (Å²) in [5.41, 5.74) is 13.1. The van der Waals surface area contributed by atoms with Gasteiger partial charge in [-0.1, -0.05) is 12.1 Å². The fraction of sp³-hybridized carbons (Fsp3) is 0.565. The number of sulfonamides is 2. The lowest BCUT2D eigenvalue weighted by Crippen LogP contribution is -2.40. The van der Waals surface area contributed by atoms with Crippen LogP contribution in [0, 0.1) is 6.92 Å². The second-order valence-electron chi connectivity index (χ2n) is 18.8. The van der Waals surface area contributed by atoms with Crippen molar-refractivity contribution in [3.63, 3.8) is 0 Å². The Labute approximate surface area is 413 Å². The van der Waals surface area contributed by atoms with Gasteiger partial charge in [-0.05, 0) is 166 Å².